The predicted molar refractivity (Wildman–Crippen MR) is 142 cm³/mol. The van der Waals surface area contributed by atoms with Gasteiger partial charge in [0.05, 0.1) is 4.90 Å². The van der Waals surface area contributed by atoms with Gasteiger partial charge in [-0.05, 0) is 50.9 Å². The molecule has 0 saturated carbocycles. The van der Waals surface area contributed by atoms with Crippen molar-refractivity contribution in [2.24, 2.45) is 0 Å². The summed E-state index contributed by atoms with van der Waals surface area (Å²) in [7, 11) is 0.675. The van der Waals surface area contributed by atoms with Crippen LogP contribution in [0.3, 0.4) is 0 Å². The van der Waals surface area contributed by atoms with Crippen LogP contribution < -0.4 is 5.32 Å². The van der Waals surface area contributed by atoms with Gasteiger partial charge in [-0.15, -0.1) is 0 Å². The first-order chi connectivity index (χ1) is 17.5. The van der Waals surface area contributed by atoms with Gasteiger partial charge in [0.1, 0.15) is 23.3 Å². The number of nitrogens with zero attached hydrogens (tertiary/aromatic N) is 2. The predicted octanol–water partition coefficient (Wildman–Crippen LogP) is 4.78. The molecule has 0 spiro atoms. The van der Waals surface area contributed by atoms with Crippen molar-refractivity contribution >= 4 is 23.2 Å². The fraction of sp³-hybridized carbons (Fsp3) is 0.481. The van der Waals surface area contributed by atoms with Gasteiger partial charge < -0.3 is 15.0 Å². The summed E-state index contributed by atoms with van der Waals surface area (Å²) in [5.74, 6) is 0.399. The van der Waals surface area contributed by atoms with Crippen LogP contribution in [0.5, 0.6) is 0 Å². The Balaban J connectivity index is 0.000000406. The van der Waals surface area contributed by atoms with E-state index in [9.17, 15) is 22.2 Å². The molecule has 0 radical (unpaired) electrons. The number of aldehydes is 1. The van der Waals surface area contributed by atoms with E-state index in [4.69, 9.17) is 4.79 Å². The van der Waals surface area contributed by atoms with Crippen LogP contribution in [0, 0.1) is 0 Å². The van der Waals surface area contributed by atoms with E-state index in [-0.39, 0.29) is 18.4 Å². The quantitative estimate of drug-likeness (QED) is 0.545. The maximum atomic E-state index is 12.9. The van der Waals surface area contributed by atoms with Crippen molar-refractivity contribution in [1.29, 1.82) is 0 Å². The fourth-order valence-electron chi connectivity index (χ4n) is 3.50. The monoisotopic (exact) mass is 541 g/mol. The fourth-order valence-corrected chi connectivity index (χ4v) is 4.78. The van der Waals surface area contributed by atoms with Crippen LogP contribution in [0.1, 0.15) is 45.6 Å². The number of carbonyl (C=O) groups excluding carboxylic acids is 2. The number of rotatable bonds is 5. The Hall–Kier alpha value is -2.56. The topological polar surface area (TPSA) is 69.7 Å². The van der Waals surface area contributed by atoms with Gasteiger partial charge in [-0.25, -0.2) is 8.51 Å². The highest BCUT2D eigenvalue weighted by molar-refractivity contribution is 7.82. The molecular formula is C27H38F3N3O3S. The number of piperazine rings is 1. The lowest BCUT2D eigenvalue weighted by atomic mass is 10.0. The number of likely N-dealkylation sites (N-methyl/N-ethyl adjacent to an activating group) is 2. The molecule has 3 rings (SSSR count). The van der Waals surface area contributed by atoms with Crippen LogP contribution >= 0.6 is 0 Å². The van der Waals surface area contributed by atoms with Crippen molar-refractivity contribution < 1.29 is 27.0 Å². The third-order valence-corrected chi connectivity index (χ3v) is 7.05. The molecule has 1 aliphatic carbocycles. The van der Waals surface area contributed by atoms with Crippen molar-refractivity contribution in [3.63, 3.8) is 0 Å². The maximum Gasteiger partial charge on any atom is 0.412 e. The third kappa shape index (κ3) is 11.2. The standard InChI is InChI=1S/C17H27N3O2S.C8H7F3.C2H4O/c1-5-18-17(21)16-12-19(4)10-11-20(16)23(22)15-8-6-14(7-9-15)13(2)3;9-8(10,11)7-5-3-1-2-4-6-7;1-2-3/h6-9,13,16H,5,10-12H2,1-4H3,(H,18,21);1-5H,6H2;2H,1H3/t16-,23?;;/m1../s1. The first-order valence-electron chi connectivity index (χ1n) is 12.2. The summed E-state index contributed by atoms with van der Waals surface area (Å²) in [6.45, 7) is 10.2. The molecule has 1 fully saturated rings. The number of benzene rings is 1. The van der Waals surface area contributed by atoms with E-state index in [0.29, 0.717) is 25.6 Å². The van der Waals surface area contributed by atoms with Crippen LogP contribution in [0.2, 0.25) is 0 Å². The minimum Gasteiger partial charge on any atom is -0.355 e. The molecular weight excluding hydrogens is 503 g/mol. The number of halogens is 3. The van der Waals surface area contributed by atoms with Gasteiger partial charge in [-0.3, -0.25) is 4.79 Å². The summed E-state index contributed by atoms with van der Waals surface area (Å²) in [5, 5.41) is 2.85. The molecule has 10 heteroatoms. The van der Waals surface area contributed by atoms with Gasteiger partial charge in [0, 0.05) is 31.8 Å². The Kier molecular flexibility index (Phi) is 14.3. The Labute approximate surface area is 220 Å². The van der Waals surface area contributed by atoms with E-state index in [1.54, 1.807) is 12.2 Å². The minimum atomic E-state index is -4.18. The van der Waals surface area contributed by atoms with E-state index >= 15 is 0 Å². The van der Waals surface area contributed by atoms with Crippen molar-refractivity contribution in [2.75, 3.05) is 33.2 Å². The Morgan fingerprint density at radius 2 is 1.78 bits per heavy atom. The van der Waals surface area contributed by atoms with Crippen molar-refractivity contribution in [3.8, 4) is 0 Å². The summed E-state index contributed by atoms with van der Waals surface area (Å²) in [6.07, 6.45) is 3.71. The van der Waals surface area contributed by atoms with Crippen molar-refractivity contribution in [1.82, 2.24) is 14.5 Å². The zero-order valence-electron chi connectivity index (χ0n) is 22.1. The number of carbonyl (C=O) groups is 2. The molecule has 0 aromatic heterocycles. The molecule has 1 aromatic carbocycles. The third-order valence-electron chi connectivity index (χ3n) is 5.51. The number of nitrogens with one attached hydrogen (secondary N) is 1. The van der Waals surface area contributed by atoms with Crippen LogP contribution in [-0.4, -0.2) is 71.1 Å². The van der Waals surface area contributed by atoms with Crippen LogP contribution in [0.15, 0.2) is 65.1 Å². The molecule has 1 saturated heterocycles. The van der Waals surface area contributed by atoms with Gasteiger partial charge in [0.25, 0.3) is 0 Å². The first-order valence-corrected chi connectivity index (χ1v) is 13.3. The van der Waals surface area contributed by atoms with E-state index in [0.717, 1.165) is 23.8 Å². The molecule has 2 aliphatic rings. The zero-order chi connectivity index (χ0) is 28.0. The van der Waals surface area contributed by atoms with E-state index in [1.165, 1.54) is 24.6 Å². The number of amides is 1. The smallest absolute Gasteiger partial charge is 0.355 e. The molecule has 2 atom stereocenters. The highest BCUT2D eigenvalue weighted by Crippen LogP contribution is 2.29. The molecule has 1 aliphatic heterocycles. The molecule has 1 unspecified atom stereocenters. The van der Waals surface area contributed by atoms with Crippen LogP contribution in [0.4, 0.5) is 13.2 Å². The average Bonchev–Trinajstić information content (AvgIpc) is 3.15. The van der Waals surface area contributed by atoms with Gasteiger partial charge in [-0.2, -0.15) is 13.2 Å². The van der Waals surface area contributed by atoms with E-state index in [2.05, 4.69) is 24.1 Å². The van der Waals surface area contributed by atoms with E-state index < -0.39 is 22.7 Å². The molecule has 206 valence electrons. The number of allylic oxidation sites excluding steroid dienone is 6. The Bertz CT molecular complexity index is 973. The second kappa shape index (κ2) is 16.3. The average molecular weight is 542 g/mol. The molecule has 37 heavy (non-hydrogen) atoms. The molecule has 1 N–H and O–H groups in total. The zero-order valence-corrected chi connectivity index (χ0v) is 22.9. The van der Waals surface area contributed by atoms with Gasteiger partial charge in [0.2, 0.25) is 5.91 Å². The van der Waals surface area contributed by atoms with Crippen LogP contribution in [0.25, 0.3) is 0 Å². The van der Waals surface area contributed by atoms with Gasteiger partial charge in [-0.1, -0.05) is 56.4 Å². The lowest BCUT2D eigenvalue weighted by Crippen LogP contribution is -2.58. The number of hydrogen-bond donors (Lipinski definition) is 1. The largest absolute Gasteiger partial charge is 0.412 e. The van der Waals surface area contributed by atoms with Crippen LogP contribution in [-0.2, 0) is 20.6 Å². The lowest BCUT2D eigenvalue weighted by molar-refractivity contribution is -0.126. The molecule has 1 aromatic rings. The summed E-state index contributed by atoms with van der Waals surface area (Å²) < 4.78 is 50.7. The summed E-state index contributed by atoms with van der Waals surface area (Å²) in [6, 6.07) is 7.50. The first kappa shape index (κ1) is 32.5. The maximum absolute atomic E-state index is 12.9. The molecule has 1 heterocycles. The number of alkyl halides is 3. The lowest BCUT2D eigenvalue weighted by Gasteiger charge is -2.37. The molecule has 0 bridgehead atoms. The molecule has 6 nitrogen and oxygen atoms in total. The second-order valence-corrected chi connectivity index (χ2v) is 10.2. The summed E-state index contributed by atoms with van der Waals surface area (Å²) in [4.78, 5) is 24.0. The SMILES string of the molecule is CC=O.CCNC(=O)[C@H]1CN(C)CCN1S(=O)c1ccc(C(C)C)cc1.FC(F)(F)C1=CC=CC=CC1. The molecule has 1 amide bonds. The van der Waals surface area contributed by atoms with Gasteiger partial charge in [0.15, 0.2) is 0 Å². The summed E-state index contributed by atoms with van der Waals surface area (Å²) in [5.41, 5.74) is 0.729. The summed E-state index contributed by atoms with van der Waals surface area (Å²) >= 11 is 0. The minimum absolute atomic E-state index is 0.0313. The van der Waals surface area contributed by atoms with Gasteiger partial charge >= 0.3 is 6.18 Å². The highest BCUT2D eigenvalue weighted by Gasteiger charge is 2.35. The normalized spacial score (nSPS) is 18.9. The second-order valence-electron chi connectivity index (χ2n) is 8.73. The Morgan fingerprint density at radius 1 is 1.16 bits per heavy atom. The van der Waals surface area contributed by atoms with E-state index in [1.807, 2.05) is 42.5 Å². The van der Waals surface area contributed by atoms with Crippen molar-refractivity contribution in [3.05, 3.63) is 65.8 Å². The number of hydrogen-bond acceptors (Lipinski definition) is 4. The highest BCUT2D eigenvalue weighted by atomic mass is 32.2. The Morgan fingerprint density at radius 3 is 2.32 bits per heavy atom. The van der Waals surface area contributed by atoms with Crippen molar-refractivity contribution in [2.45, 2.75) is 57.1 Å².